The number of para-hydroxylation sites is 2. The van der Waals surface area contributed by atoms with Crippen molar-refractivity contribution in [2.24, 2.45) is 11.3 Å². The summed E-state index contributed by atoms with van der Waals surface area (Å²) < 4.78 is 62.3. The van der Waals surface area contributed by atoms with Gasteiger partial charge in [-0.3, -0.25) is 4.90 Å². The van der Waals surface area contributed by atoms with Crippen LogP contribution in [0.5, 0.6) is 11.5 Å². The molecule has 3 aromatic carbocycles. The molecule has 68 heavy (non-hydrogen) atoms. The number of sulfonamides is 1. The highest BCUT2D eigenvalue weighted by atomic mass is 32.2. The van der Waals surface area contributed by atoms with Crippen molar-refractivity contribution < 1.29 is 41.7 Å². The number of carbonyl (C=O) groups excluding carboxylic acids is 2. The highest BCUT2D eigenvalue weighted by Crippen LogP contribution is 2.40. The molecule has 1 amide bonds. The van der Waals surface area contributed by atoms with Crippen LogP contribution in [-0.2, 0) is 43.5 Å². The third-order valence-corrected chi connectivity index (χ3v) is 14.8. The smallest absolute Gasteiger partial charge is 0.412 e. The Balaban J connectivity index is 1.10. The van der Waals surface area contributed by atoms with Crippen LogP contribution in [-0.4, -0.2) is 109 Å². The zero-order chi connectivity index (χ0) is 49.2. The van der Waals surface area contributed by atoms with Crippen molar-refractivity contribution in [1.82, 2.24) is 19.0 Å². The predicted octanol–water partition coefficient (Wildman–Crippen LogP) is 9.64. The van der Waals surface area contributed by atoms with Crippen LogP contribution in [0.15, 0.2) is 77.7 Å². The van der Waals surface area contributed by atoms with Gasteiger partial charge < -0.3 is 28.6 Å². The molecule has 3 heterocycles. The van der Waals surface area contributed by atoms with E-state index in [1.807, 2.05) is 72.7 Å². The van der Waals surface area contributed by atoms with Crippen LogP contribution in [0.4, 0.5) is 10.5 Å². The van der Waals surface area contributed by atoms with E-state index in [0.717, 1.165) is 67.6 Å². The van der Waals surface area contributed by atoms with Gasteiger partial charge in [-0.05, 0) is 132 Å². The number of carbonyl (C=O) groups is 2. The first kappa shape index (κ1) is 50.7. The maximum absolute atomic E-state index is 14.3. The van der Waals surface area contributed by atoms with Crippen molar-refractivity contribution in [3.05, 3.63) is 95.3 Å². The first-order valence-corrected chi connectivity index (χ1v) is 25.8. The monoisotopic (exact) mass is 956 g/mol. The van der Waals surface area contributed by atoms with Crippen molar-refractivity contribution >= 4 is 27.8 Å². The second-order valence-electron chi connectivity index (χ2n) is 21.2. The minimum absolute atomic E-state index is 0.0175. The Kier molecular flexibility index (Phi) is 15.3. The van der Waals surface area contributed by atoms with E-state index in [1.165, 1.54) is 11.4 Å². The van der Waals surface area contributed by atoms with Gasteiger partial charge in [0.05, 0.1) is 43.0 Å². The van der Waals surface area contributed by atoms with Gasteiger partial charge in [0.2, 0.25) is 10.0 Å². The molecule has 2 aliphatic heterocycles. The van der Waals surface area contributed by atoms with Gasteiger partial charge in [-0.15, -0.1) is 0 Å². The molecule has 4 aromatic rings. The zero-order valence-corrected chi connectivity index (χ0v) is 42.9. The lowest BCUT2D eigenvalue weighted by Crippen LogP contribution is -2.52. The van der Waals surface area contributed by atoms with Gasteiger partial charge in [0.15, 0.2) is 5.69 Å². The average Bonchev–Trinajstić information content (AvgIpc) is 3.96. The maximum Gasteiger partial charge on any atom is 0.412 e. The number of unbranched alkanes of at least 4 members (excludes halogenated alkanes) is 1. The van der Waals surface area contributed by atoms with Crippen LogP contribution in [0.3, 0.4) is 0 Å². The largest absolute Gasteiger partial charge is 0.497 e. The molecule has 2 saturated heterocycles. The minimum Gasteiger partial charge on any atom is -0.497 e. The van der Waals surface area contributed by atoms with E-state index in [9.17, 15) is 18.0 Å². The van der Waals surface area contributed by atoms with E-state index >= 15 is 0 Å². The molecule has 0 N–H and O–H groups in total. The van der Waals surface area contributed by atoms with E-state index in [1.54, 1.807) is 33.8 Å². The summed E-state index contributed by atoms with van der Waals surface area (Å²) in [5.74, 6) is 0.886. The van der Waals surface area contributed by atoms with Gasteiger partial charge in [0.1, 0.15) is 34.6 Å². The molecule has 0 spiro atoms. The lowest BCUT2D eigenvalue weighted by Gasteiger charge is -2.35. The van der Waals surface area contributed by atoms with Crippen LogP contribution in [0, 0.1) is 11.3 Å². The summed E-state index contributed by atoms with van der Waals surface area (Å²) in [4.78, 5) is 31.9. The van der Waals surface area contributed by atoms with Gasteiger partial charge in [-0.1, -0.05) is 65.3 Å². The number of nitrogens with zero attached hydrogens (tertiary/aromatic N) is 5. The molecular formula is C53H73N5O9S. The number of ether oxygens (including phenoxy) is 5. The number of fused-ring (bicyclic) bond motifs is 1. The fraction of sp³-hybridized carbons (Fsp3) is 0.566. The highest BCUT2D eigenvalue weighted by Gasteiger charge is 2.52. The Bertz CT molecular complexity index is 2500. The van der Waals surface area contributed by atoms with Gasteiger partial charge in [0, 0.05) is 37.3 Å². The van der Waals surface area contributed by atoms with Crippen molar-refractivity contribution in [3.8, 4) is 17.2 Å². The Morgan fingerprint density at radius 3 is 2.35 bits per heavy atom. The molecule has 370 valence electrons. The molecule has 14 nitrogen and oxygen atoms in total. The number of hydrogen-bond acceptors (Lipinski definition) is 11. The summed E-state index contributed by atoms with van der Waals surface area (Å²) in [5, 5.41) is 5.03. The molecule has 3 atom stereocenters. The molecule has 2 fully saturated rings. The Morgan fingerprint density at radius 2 is 1.69 bits per heavy atom. The van der Waals surface area contributed by atoms with Crippen LogP contribution < -0.4 is 14.4 Å². The first-order valence-electron chi connectivity index (χ1n) is 24.3. The van der Waals surface area contributed by atoms with Crippen molar-refractivity contribution in [2.45, 2.75) is 149 Å². The SMILES string of the molecule is CCCCOC(=O)c1c2c(nn1-c1ccccc1O[C@H]1CCN(c3ccc(C[C@H]4[C@@H](CN(CC(C)C)S(=O)(=O)c5ccc(OC)cc5)OC(C)(C)N4C(=O)OC(C)(C)C)cc3)C1)CCC(C)(C)C2. The predicted molar refractivity (Wildman–Crippen MR) is 263 cm³/mol. The number of aromatic nitrogens is 2. The van der Waals surface area contributed by atoms with Gasteiger partial charge in [-0.25, -0.2) is 22.7 Å². The minimum atomic E-state index is -3.96. The number of aryl methyl sites for hydroxylation is 1. The molecule has 0 unspecified atom stereocenters. The fourth-order valence-electron chi connectivity index (χ4n) is 9.62. The molecule has 15 heteroatoms. The second kappa shape index (κ2) is 20.5. The maximum atomic E-state index is 14.3. The Labute approximate surface area is 404 Å². The van der Waals surface area contributed by atoms with Crippen LogP contribution in [0.2, 0.25) is 0 Å². The summed E-state index contributed by atoms with van der Waals surface area (Å²) in [7, 11) is -2.42. The standard InChI is InChI=1S/C53H73N5O9S/c1-12-13-30-64-49(59)48-42-32-52(7,8)28-26-43(42)54-58(48)44-16-14-15-17-46(44)65-40-27-29-55(34-40)38-20-18-37(19-21-38)31-45-47(66-53(9,10)57(45)50(60)67-51(4,5)6)35-56(33-36(2)3)68(61,62)41-24-22-39(63-11)23-25-41/h14-25,36,40,45,47H,12-13,26-35H2,1-11H3/t40-,45-,47+/m0/s1. The van der Waals surface area contributed by atoms with Crippen LogP contribution in [0.1, 0.15) is 122 Å². The van der Waals surface area contributed by atoms with Crippen molar-refractivity contribution in [1.29, 1.82) is 0 Å². The number of methoxy groups -OCH3 is 1. The molecule has 7 rings (SSSR count). The Morgan fingerprint density at radius 1 is 0.985 bits per heavy atom. The normalized spacial score (nSPS) is 20.2. The summed E-state index contributed by atoms with van der Waals surface area (Å²) in [6, 6.07) is 21.9. The van der Waals surface area contributed by atoms with E-state index in [-0.39, 0.29) is 41.4 Å². The van der Waals surface area contributed by atoms with Crippen LogP contribution >= 0.6 is 0 Å². The molecule has 1 aromatic heterocycles. The van der Waals surface area contributed by atoms with Gasteiger partial charge >= 0.3 is 12.1 Å². The number of esters is 1. The molecular weight excluding hydrogens is 883 g/mol. The van der Waals surface area contributed by atoms with Crippen LogP contribution in [0.25, 0.3) is 5.69 Å². The highest BCUT2D eigenvalue weighted by molar-refractivity contribution is 7.89. The molecule has 0 radical (unpaired) electrons. The number of amides is 1. The topological polar surface area (TPSA) is 142 Å². The molecule has 3 aliphatic rings. The molecule has 0 bridgehead atoms. The number of anilines is 1. The third kappa shape index (κ3) is 11.7. The summed E-state index contributed by atoms with van der Waals surface area (Å²) in [6.45, 7) is 21.7. The summed E-state index contributed by atoms with van der Waals surface area (Å²) in [5.41, 5.74) is 3.30. The number of benzene rings is 3. The van der Waals surface area contributed by atoms with Gasteiger partial charge in [-0.2, -0.15) is 9.40 Å². The van der Waals surface area contributed by atoms with E-state index in [0.29, 0.717) is 42.5 Å². The fourth-order valence-corrected chi connectivity index (χ4v) is 11.2. The van der Waals surface area contributed by atoms with E-state index < -0.39 is 39.6 Å². The molecule has 1 aliphatic carbocycles. The summed E-state index contributed by atoms with van der Waals surface area (Å²) >= 11 is 0. The van der Waals surface area contributed by atoms with E-state index in [4.69, 9.17) is 28.8 Å². The van der Waals surface area contributed by atoms with Crippen molar-refractivity contribution in [3.63, 3.8) is 0 Å². The lowest BCUT2D eigenvalue weighted by atomic mass is 9.76. The van der Waals surface area contributed by atoms with E-state index in [2.05, 4.69) is 49.9 Å². The quantitative estimate of drug-likeness (QED) is 0.0738. The number of hydrogen-bond donors (Lipinski definition) is 0. The van der Waals surface area contributed by atoms with Crippen molar-refractivity contribution in [2.75, 3.05) is 44.8 Å². The molecule has 0 saturated carbocycles. The van der Waals surface area contributed by atoms with Gasteiger partial charge in [0.25, 0.3) is 0 Å². The second-order valence-corrected chi connectivity index (χ2v) is 23.2. The first-order chi connectivity index (χ1) is 32.1. The Hall–Kier alpha value is -5.12. The number of rotatable bonds is 17. The zero-order valence-electron chi connectivity index (χ0n) is 42.0. The summed E-state index contributed by atoms with van der Waals surface area (Å²) in [6.07, 6.45) is 4.14. The average molecular weight is 956 g/mol. The third-order valence-electron chi connectivity index (χ3n) is 13.0. The lowest BCUT2D eigenvalue weighted by molar-refractivity contribution is -0.0807.